The molecule has 0 fully saturated rings. The van der Waals surface area contributed by atoms with Crippen LogP contribution in [0.15, 0.2) is 42.5 Å². The molecule has 1 heterocycles. The Kier molecular flexibility index (Phi) is 6.20. The topological polar surface area (TPSA) is 41.1 Å². The summed E-state index contributed by atoms with van der Waals surface area (Å²) in [4.78, 5) is 12.4. The van der Waals surface area contributed by atoms with E-state index in [1.54, 1.807) is 6.07 Å². The fourth-order valence-electron chi connectivity index (χ4n) is 3.22. The standard InChI is InChI=1S/C20H23FN2O.ClH/c1-20(2,15-6-4-3-5-7-15)12-18(24)23-17-9-8-14-13-22-11-10-16(14)19(17)21;/h3-9,22H,10-13H2,1-2H3,(H,23,24);1H. The molecule has 25 heavy (non-hydrogen) atoms. The molecule has 3 rings (SSSR count). The Morgan fingerprint density at radius 3 is 2.64 bits per heavy atom. The third-order valence-corrected chi connectivity index (χ3v) is 4.64. The molecule has 5 heteroatoms. The van der Waals surface area contributed by atoms with Gasteiger partial charge in [0.05, 0.1) is 5.69 Å². The van der Waals surface area contributed by atoms with Crippen LogP contribution in [-0.2, 0) is 23.2 Å². The molecule has 1 aliphatic rings. The van der Waals surface area contributed by atoms with Gasteiger partial charge in [0.25, 0.3) is 0 Å². The molecule has 0 atom stereocenters. The van der Waals surface area contributed by atoms with E-state index in [0.29, 0.717) is 24.9 Å². The van der Waals surface area contributed by atoms with Gasteiger partial charge in [-0.1, -0.05) is 50.2 Å². The van der Waals surface area contributed by atoms with Crippen molar-refractivity contribution in [3.8, 4) is 0 Å². The number of benzene rings is 2. The molecule has 0 radical (unpaired) electrons. The first kappa shape index (κ1) is 19.4. The molecule has 2 N–H and O–H groups in total. The Labute approximate surface area is 154 Å². The summed E-state index contributed by atoms with van der Waals surface area (Å²) in [7, 11) is 0. The largest absolute Gasteiger partial charge is 0.324 e. The first-order valence-electron chi connectivity index (χ1n) is 8.34. The van der Waals surface area contributed by atoms with E-state index in [-0.39, 0.29) is 35.2 Å². The summed E-state index contributed by atoms with van der Waals surface area (Å²) in [5.41, 5.74) is 2.76. The van der Waals surface area contributed by atoms with Crippen molar-refractivity contribution < 1.29 is 9.18 Å². The van der Waals surface area contributed by atoms with Gasteiger partial charge in [-0.05, 0) is 41.1 Å². The van der Waals surface area contributed by atoms with Crippen molar-refractivity contribution >= 4 is 24.0 Å². The lowest BCUT2D eigenvalue weighted by Gasteiger charge is -2.25. The number of nitrogens with one attached hydrogen (secondary N) is 2. The van der Waals surface area contributed by atoms with Crippen LogP contribution >= 0.6 is 12.4 Å². The summed E-state index contributed by atoms with van der Waals surface area (Å²) in [6, 6.07) is 13.5. The van der Waals surface area contributed by atoms with E-state index >= 15 is 0 Å². The van der Waals surface area contributed by atoms with E-state index in [9.17, 15) is 9.18 Å². The second kappa shape index (κ2) is 7.98. The molecule has 0 saturated heterocycles. The van der Waals surface area contributed by atoms with Gasteiger partial charge in [-0.15, -0.1) is 12.4 Å². The number of amides is 1. The van der Waals surface area contributed by atoms with Gasteiger partial charge < -0.3 is 10.6 Å². The van der Waals surface area contributed by atoms with Crippen molar-refractivity contribution in [3.63, 3.8) is 0 Å². The molecule has 0 saturated carbocycles. The van der Waals surface area contributed by atoms with Crippen LogP contribution in [0, 0.1) is 5.82 Å². The third-order valence-electron chi connectivity index (χ3n) is 4.64. The van der Waals surface area contributed by atoms with Crippen LogP contribution in [0.3, 0.4) is 0 Å². The first-order valence-corrected chi connectivity index (χ1v) is 8.34. The van der Waals surface area contributed by atoms with Crippen LogP contribution in [0.1, 0.15) is 37.0 Å². The van der Waals surface area contributed by atoms with E-state index < -0.39 is 0 Å². The number of rotatable bonds is 4. The van der Waals surface area contributed by atoms with Gasteiger partial charge in [0.15, 0.2) is 0 Å². The lowest BCUT2D eigenvalue weighted by Crippen LogP contribution is -2.27. The molecule has 0 aliphatic carbocycles. The molecule has 2 aromatic rings. The lowest BCUT2D eigenvalue weighted by molar-refractivity contribution is -0.117. The van der Waals surface area contributed by atoms with Crippen molar-refractivity contribution in [2.24, 2.45) is 0 Å². The van der Waals surface area contributed by atoms with Crippen molar-refractivity contribution in [2.75, 3.05) is 11.9 Å². The van der Waals surface area contributed by atoms with Gasteiger partial charge in [-0.3, -0.25) is 4.79 Å². The van der Waals surface area contributed by atoms with Gasteiger partial charge in [-0.2, -0.15) is 0 Å². The predicted molar refractivity (Wildman–Crippen MR) is 102 cm³/mol. The summed E-state index contributed by atoms with van der Waals surface area (Å²) in [5, 5.41) is 5.98. The van der Waals surface area contributed by atoms with Crippen LogP contribution in [0.4, 0.5) is 10.1 Å². The maximum atomic E-state index is 14.6. The smallest absolute Gasteiger partial charge is 0.225 e. The highest BCUT2D eigenvalue weighted by Crippen LogP contribution is 2.29. The summed E-state index contributed by atoms with van der Waals surface area (Å²) in [5.74, 6) is -0.462. The minimum absolute atomic E-state index is 0. The normalized spacial score (nSPS) is 13.6. The number of fused-ring (bicyclic) bond motifs is 1. The lowest BCUT2D eigenvalue weighted by atomic mass is 9.81. The zero-order valence-electron chi connectivity index (χ0n) is 14.6. The van der Waals surface area contributed by atoms with E-state index in [2.05, 4.69) is 10.6 Å². The van der Waals surface area contributed by atoms with Crippen LogP contribution in [0.2, 0.25) is 0 Å². The number of carbonyl (C=O) groups is 1. The van der Waals surface area contributed by atoms with Crippen molar-refractivity contribution in [1.29, 1.82) is 0 Å². The van der Waals surface area contributed by atoms with Crippen molar-refractivity contribution in [3.05, 3.63) is 65.0 Å². The molecule has 1 amide bonds. The number of halogens is 2. The third kappa shape index (κ3) is 4.39. The zero-order chi connectivity index (χ0) is 17.2. The van der Waals surface area contributed by atoms with Crippen LogP contribution < -0.4 is 10.6 Å². The number of carbonyl (C=O) groups excluding carboxylic acids is 1. The van der Waals surface area contributed by atoms with E-state index in [0.717, 1.165) is 17.7 Å². The van der Waals surface area contributed by atoms with Crippen LogP contribution in [0.25, 0.3) is 0 Å². The van der Waals surface area contributed by atoms with Crippen LogP contribution in [0.5, 0.6) is 0 Å². The van der Waals surface area contributed by atoms with E-state index in [1.807, 2.05) is 50.2 Å². The van der Waals surface area contributed by atoms with Crippen molar-refractivity contribution in [1.82, 2.24) is 5.32 Å². The number of anilines is 1. The SMILES string of the molecule is CC(C)(CC(=O)Nc1ccc2c(c1F)CCNC2)c1ccccc1.Cl. The second-order valence-corrected chi connectivity index (χ2v) is 6.97. The summed E-state index contributed by atoms with van der Waals surface area (Å²) in [6.07, 6.45) is 0.954. The Bertz CT molecular complexity index is 747. The van der Waals surface area contributed by atoms with E-state index in [4.69, 9.17) is 0 Å². The molecule has 3 nitrogen and oxygen atoms in total. The molecule has 2 aromatic carbocycles. The summed E-state index contributed by atoms with van der Waals surface area (Å²) < 4.78 is 14.6. The number of hydrogen-bond donors (Lipinski definition) is 2. The minimum Gasteiger partial charge on any atom is -0.324 e. The maximum absolute atomic E-state index is 14.6. The molecule has 134 valence electrons. The van der Waals surface area contributed by atoms with Gasteiger partial charge in [0.2, 0.25) is 5.91 Å². The van der Waals surface area contributed by atoms with Gasteiger partial charge in [-0.25, -0.2) is 4.39 Å². The Morgan fingerprint density at radius 1 is 1.20 bits per heavy atom. The van der Waals surface area contributed by atoms with Crippen LogP contribution in [-0.4, -0.2) is 12.5 Å². The highest BCUT2D eigenvalue weighted by Gasteiger charge is 2.25. The van der Waals surface area contributed by atoms with E-state index in [1.165, 1.54) is 0 Å². The Morgan fingerprint density at radius 2 is 1.92 bits per heavy atom. The first-order chi connectivity index (χ1) is 11.5. The monoisotopic (exact) mass is 362 g/mol. The Balaban J connectivity index is 0.00000225. The van der Waals surface area contributed by atoms with Gasteiger partial charge >= 0.3 is 0 Å². The quantitative estimate of drug-likeness (QED) is 0.855. The highest BCUT2D eigenvalue weighted by atomic mass is 35.5. The maximum Gasteiger partial charge on any atom is 0.225 e. The summed E-state index contributed by atoms with van der Waals surface area (Å²) in [6.45, 7) is 5.50. The second-order valence-electron chi connectivity index (χ2n) is 6.97. The van der Waals surface area contributed by atoms with Gasteiger partial charge in [0, 0.05) is 13.0 Å². The fraction of sp³-hybridized carbons (Fsp3) is 0.350. The fourth-order valence-corrected chi connectivity index (χ4v) is 3.22. The molecular weight excluding hydrogens is 339 g/mol. The van der Waals surface area contributed by atoms with Gasteiger partial charge in [0.1, 0.15) is 5.82 Å². The van der Waals surface area contributed by atoms with Crippen molar-refractivity contribution in [2.45, 2.75) is 38.6 Å². The molecular formula is C20H24ClFN2O. The molecule has 0 aromatic heterocycles. The molecule has 1 aliphatic heterocycles. The summed E-state index contributed by atoms with van der Waals surface area (Å²) >= 11 is 0. The molecule has 0 unspecified atom stereocenters. The predicted octanol–water partition coefficient (Wildman–Crippen LogP) is 4.20. The molecule has 0 bridgehead atoms. The number of hydrogen-bond acceptors (Lipinski definition) is 2. The minimum atomic E-state index is -0.306. The average molecular weight is 363 g/mol. The zero-order valence-corrected chi connectivity index (χ0v) is 15.4. The Hall–Kier alpha value is -1.91. The molecule has 0 spiro atoms. The average Bonchev–Trinajstić information content (AvgIpc) is 2.58. The highest BCUT2D eigenvalue weighted by molar-refractivity contribution is 5.92.